The van der Waals surface area contributed by atoms with E-state index in [0.717, 1.165) is 19.5 Å². The van der Waals surface area contributed by atoms with Crippen LogP contribution in [0.2, 0.25) is 0 Å². The lowest BCUT2D eigenvalue weighted by Gasteiger charge is -2.10. The van der Waals surface area contributed by atoms with Gasteiger partial charge in [-0.05, 0) is 54.4 Å². The Morgan fingerprint density at radius 3 is 2.57 bits per heavy atom. The van der Waals surface area contributed by atoms with Crippen LogP contribution in [0, 0.1) is 5.92 Å². The van der Waals surface area contributed by atoms with Crippen molar-refractivity contribution in [3.63, 3.8) is 0 Å². The first kappa shape index (κ1) is 18.3. The summed E-state index contributed by atoms with van der Waals surface area (Å²) in [6, 6.07) is 10.6. The zero-order chi connectivity index (χ0) is 19.7. The molecule has 0 aromatic heterocycles. The number of nitrogens with zero attached hydrogens (tertiary/aromatic N) is 3. The molecular weight excluding hydrogens is 373 g/mol. The number of alkyl halides is 3. The highest BCUT2D eigenvalue weighted by Gasteiger charge is 2.31. The summed E-state index contributed by atoms with van der Waals surface area (Å²) in [6.07, 6.45) is -2.04. The summed E-state index contributed by atoms with van der Waals surface area (Å²) < 4.78 is 42.0. The second-order valence-electron chi connectivity index (χ2n) is 6.55. The Morgan fingerprint density at radius 2 is 1.89 bits per heavy atom. The standard InChI is InChI=1S/C19H16F3N4O2/c20-19(21,22)28-15-4-1-13(2-5-15)14-3-6-17-16(9-14)18(27)26(25-24-17)11-12-7-8-23-10-12/h1-6,9,11-12,23H,7-8,10H2/q+1. The van der Waals surface area contributed by atoms with Crippen LogP contribution in [0.25, 0.3) is 11.1 Å². The van der Waals surface area contributed by atoms with Crippen molar-refractivity contribution in [2.45, 2.75) is 12.8 Å². The Balaban J connectivity index is 1.60. The maximum absolute atomic E-state index is 12.8. The number of carbonyl (C=O) groups excluding carboxylic acids is 1. The van der Waals surface area contributed by atoms with Gasteiger partial charge in [0.2, 0.25) is 5.69 Å². The molecule has 2 aromatic rings. The summed E-state index contributed by atoms with van der Waals surface area (Å²) in [6.45, 7) is 1.69. The summed E-state index contributed by atoms with van der Waals surface area (Å²) in [5.41, 5.74) is 2.19. The average molecular weight is 389 g/mol. The minimum atomic E-state index is -4.74. The average Bonchev–Trinajstić information content (AvgIpc) is 3.16. The van der Waals surface area contributed by atoms with E-state index in [9.17, 15) is 18.0 Å². The first-order valence-corrected chi connectivity index (χ1v) is 8.70. The molecule has 0 spiro atoms. The summed E-state index contributed by atoms with van der Waals surface area (Å²) in [5, 5.41) is 11.3. The second kappa shape index (κ2) is 7.16. The van der Waals surface area contributed by atoms with E-state index in [-0.39, 0.29) is 17.6 Å². The third-order valence-corrected chi connectivity index (χ3v) is 4.56. The molecule has 6 nitrogen and oxygen atoms in total. The molecule has 1 atom stereocenters. The Labute approximate surface area is 158 Å². The number of halogens is 3. The molecule has 0 aliphatic carbocycles. The van der Waals surface area contributed by atoms with Crippen molar-refractivity contribution >= 4 is 17.8 Å². The number of ether oxygens (including phenoxy) is 1. The van der Waals surface area contributed by atoms with Crippen molar-refractivity contribution in [2.24, 2.45) is 16.3 Å². The van der Waals surface area contributed by atoms with E-state index in [4.69, 9.17) is 0 Å². The Hall–Kier alpha value is -3.07. The van der Waals surface area contributed by atoms with Gasteiger partial charge in [-0.3, -0.25) is 0 Å². The quantitative estimate of drug-likeness (QED) is 0.804. The van der Waals surface area contributed by atoms with E-state index < -0.39 is 6.36 Å². The molecular formula is C19H16F3N4O2+. The molecule has 2 aromatic carbocycles. The first-order chi connectivity index (χ1) is 13.4. The van der Waals surface area contributed by atoms with Gasteiger partial charge in [-0.1, -0.05) is 16.8 Å². The Morgan fingerprint density at radius 1 is 1.14 bits per heavy atom. The molecule has 1 unspecified atom stereocenters. The molecule has 2 aliphatic heterocycles. The Bertz CT molecular complexity index is 962. The van der Waals surface area contributed by atoms with Gasteiger partial charge in [0.15, 0.2) is 0 Å². The summed E-state index contributed by atoms with van der Waals surface area (Å²) in [7, 11) is 0. The van der Waals surface area contributed by atoms with Gasteiger partial charge in [-0.15, -0.1) is 13.2 Å². The molecule has 28 heavy (non-hydrogen) atoms. The van der Waals surface area contributed by atoms with E-state index in [2.05, 4.69) is 20.4 Å². The maximum Gasteiger partial charge on any atom is 0.573 e. The zero-order valence-corrected chi connectivity index (χ0v) is 14.6. The number of carbonyl (C=O) groups is 1. The molecule has 2 aliphatic rings. The number of nitrogens with one attached hydrogen (secondary N) is 1. The summed E-state index contributed by atoms with van der Waals surface area (Å²) >= 11 is 0. The predicted molar refractivity (Wildman–Crippen MR) is 94.7 cm³/mol. The molecule has 1 N–H and O–H groups in total. The molecule has 1 saturated heterocycles. The third kappa shape index (κ3) is 3.94. The van der Waals surface area contributed by atoms with Crippen LogP contribution in [0.15, 0.2) is 52.8 Å². The van der Waals surface area contributed by atoms with Crippen molar-refractivity contribution in [3.8, 4) is 16.9 Å². The first-order valence-electron chi connectivity index (χ1n) is 8.70. The highest BCUT2D eigenvalue weighted by molar-refractivity contribution is 5.97. The number of hydrogen-bond acceptors (Lipinski definition) is 5. The van der Waals surface area contributed by atoms with E-state index in [1.807, 2.05) is 0 Å². The van der Waals surface area contributed by atoms with Crippen molar-refractivity contribution < 1.29 is 27.4 Å². The lowest BCUT2D eigenvalue weighted by atomic mass is 10.0. The van der Waals surface area contributed by atoms with Crippen LogP contribution in [-0.4, -0.2) is 36.3 Å². The smallest absolute Gasteiger partial charge is 0.406 e. The van der Waals surface area contributed by atoms with Crippen LogP contribution in [-0.2, 0) is 0 Å². The van der Waals surface area contributed by atoms with Crippen LogP contribution in [0.4, 0.5) is 18.9 Å². The van der Waals surface area contributed by atoms with E-state index in [0.29, 0.717) is 22.4 Å². The van der Waals surface area contributed by atoms with Gasteiger partial charge in [0, 0.05) is 12.5 Å². The minimum Gasteiger partial charge on any atom is -0.406 e. The fourth-order valence-corrected chi connectivity index (χ4v) is 3.18. The number of rotatable bonds is 3. The fraction of sp³-hybridized carbons (Fsp3) is 0.263. The van der Waals surface area contributed by atoms with Crippen LogP contribution in [0.5, 0.6) is 5.75 Å². The van der Waals surface area contributed by atoms with Gasteiger partial charge in [0.1, 0.15) is 22.8 Å². The summed E-state index contributed by atoms with van der Waals surface area (Å²) in [5.74, 6) is -0.366. The van der Waals surface area contributed by atoms with Gasteiger partial charge in [-0.25, -0.2) is 4.79 Å². The topological polar surface area (TPSA) is 66.1 Å². The molecule has 1 fully saturated rings. The largest absolute Gasteiger partial charge is 0.573 e. The monoisotopic (exact) mass is 389 g/mol. The molecule has 9 heteroatoms. The normalized spacial score (nSPS) is 20.5. The SMILES string of the molecule is O=C1c2cc(-c3ccc(OC(F)(F)F)cc3)ccc2N=N[N+]1=CC1CCNC1. The zero-order valence-electron chi connectivity index (χ0n) is 14.6. The lowest BCUT2D eigenvalue weighted by Crippen LogP contribution is -2.23. The minimum absolute atomic E-state index is 0.216. The van der Waals surface area contributed by atoms with Crippen molar-refractivity contribution in [3.05, 3.63) is 48.0 Å². The molecule has 2 heterocycles. The number of hydrogen-bond donors (Lipinski definition) is 1. The number of benzene rings is 2. The maximum atomic E-state index is 12.8. The van der Waals surface area contributed by atoms with Crippen molar-refractivity contribution in [1.82, 2.24) is 5.32 Å². The third-order valence-electron chi connectivity index (χ3n) is 4.56. The van der Waals surface area contributed by atoms with E-state index >= 15 is 0 Å². The molecule has 0 radical (unpaired) electrons. The predicted octanol–water partition coefficient (Wildman–Crippen LogP) is 4.10. The molecule has 0 saturated carbocycles. The summed E-state index contributed by atoms with van der Waals surface area (Å²) in [4.78, 5) is 12.8. The second-order valence-corrected chi connectivity index (χ2v) is 6.55. The highest BCUT2D eigenvalue weighted by Crippen LogP contribution is 2.31. The van der Waals surface area contributed by atoms with Crippen LogP contribution >= 0.6 is 0 Å². The molecule has 4 rings (SSSR count). The van der Waals surface area contributed by atoms with Crippen molar-refractivity contribution in [1.29, 1.82) is 0 Å². The van der Waals surface area contributed by atoms with E-state index in [1.54, 1.807) is 24.4 Å². The van der Waals surface area contributed by atoms with Crippen molar-refractivity contribution in [2.75, 3.05) is 13.1 Å². The van der Waals surface area contributed by atoms with Crippen LogP contribution in [0.3, 0.4) is 0 Å². The highest BCUT2D eigenvalue weighted by atomic mass is 19.4. The molecule has 0 bridgehead atoms. The Kier molecular flexibility index (Phi) is 4.68. The van der Waals surface area contributed by atoms with Crippen LogP contribution < -0.4 is 10.1 Å². The molecule has 144 valence electrons. The van der Waals surface area contributed by atoms with Gasteiger partial charge in [-0.2, -0.15) is 0 Å². The number of amides is 1. The number of fused-ring (bicyclic) bond motifs is 1. The lowest BCUT2D eigenvalue weighted by molar-refractivity contribution is -0.441. The molecule has 1 amide bonds. The fourth-order valence-electron chi connectivity index (χ4n) is 3.18. The van der Waals surface area contributed by atoms with Gasteiger partial charge in [0.25, 0.3) is 0 Å². The van der Waals surface area contributed by atoms with Crippen LogP contribution in [0.1, 0.15) is 16.8 Å². The van der Waals surface area contributed by atoms with Gasteiger partial charge in [0.05, 0.1) is 5.11 Å². The van der Waals surface area contributed by atoms with E-state index in [1.165, 1.54) is 28.9 Å². The van der Waals surface area contributed by atoms with Gasteiger partial charge >= 0.3 is 12.3 Å². The van der Waals surface area contributed by atoms with Gasteiger partial charge < -0.3 is 10.1 Å².